The third-order valence-corrected chi connectivity index (χ3v) is 5.79. The molecular formula is C24H23N5O5S. The van der Waals surface area contributed by atoms with Crippen molar-refractivity contribution >= 4 is 34.1 Å². The van der Waals surface area contributed by atoms with Gasteiger partial charge in [-0.25, -0.2) is 0 Å². The maximum absolute atomic E-state index is 12.6. The molecule has 1 amide bonds. The number of carbonyl (C=O) groups is 1. The van der Waals surface area contributed by atoms with Crippen LogP contribution in [0.2, 0.25) is 0 Å². The molecule has 0 spiro atoms. The van der Waals surface area contributed by atoms with E-state index in [0.717, 1.165) is 10.6 Å². The largest absolute Gasteiger partial charge is 0.490 e. The number of ether oxygens (including phenoxy) is 2. The van der Waals surface area contributed by atoms with Gasteiger partial charge < -0.3 is 9.47 Å². The second-order valence-electron chi connectivity index (χ2n) is 7.71. The van der Waals surface area contributed by atoms with Crippen molar-refractivity contribution in [1.82, 2.24) is 10.2 Å². The predicted molar refractivity (Wildman–Crippen MR) is 131 cm³/mol. The molecule has 0 bridgehead atoms. The molecule has 0 unspecified atom stereocenters. The van der Waals surface area contributed by atoms with Crippen LogP contribution in [0.1, 0.15) is 35.9 Å². The molecule has 35 heavy (non-hydrogen) atoms. The highest BCUT2D eigenvalue weighted by molar-refractivity contribution is 7.15. The fraction of sp³-hybridized carbons (Fsp3) is 0.250. The normalized spacial score (nSPS) is 11.1. The number of nitrogens with zero attached hydrogens (tertiary/aromatic N) is 4. The zero-order valence-electron chi connectivity index (χ0n) is 19.3. The highest BCUT2D eigenvalue weighted by Crippen LogP contribution is 2.27. The summed E-state index contributed by atoms with van der Waals surface area (Å²) in [5, 5.41) is 32.2. The molecule has 0 aliphatic rings. The van der Waals surface area contributed by atoms with Crippen LogP contribution < -0.4 is 14.8 Å². The molecule has 0 saturated heterocycles. The summed E-state index contributed by atoms with van der Waals surface area (Å²) in [6.07, 6.45) is 1.24. The Balaban J connectivity index is 1.75. The van der Waals surface area contributed by atoms with Crippen LogP contribution in [0.4, 0.5) is 10.8 Å². The lowest BCUT2D eigenvalue weighted by Crippen LogP contribution is -2.13. The number of aromatic nitrogens is 2. The fourth-order valence-electron chi connectivity index (χ4n) is 2.83. The van der Waals surface area contributed by atoms with Crippen molar-refractivity contribution in [3.8, 4) is 17.6 Å². The van der Waals surface area contributed by atoms with E-state index in [2.05, 4.69) is 15.5 Å². The van der Waals surface area contributed by atoms with Gasteiger partial charge in [0.1, 0.15) is 41.4 Å². The summed E-state index contributed by atoms with van der Waals surface area (Å²) >= 11 is 1.21. The Morgan fingerprint density at radius 1 is 1.20 bits per heavy atom. The monoisotopic (exact) mass is 493 g/mol. The zero-order valence-corrected chi connectivity index (χ0v) is 20.2. The van der Waals surface area contributed by atoms with E-state index in [9.17, 15) is 20.2 Å². The predicted octanol–water partition coefficient (Wildman–Crippen LogP) is 4.88. The highest BCUT2D eigenvalue weighted by atomic mass is 32.1. The Kier molecular flexibility index (Phi) is 8.48. The number of hydrogen-bond donors (Lipinski definition) is 1. The number of amides is 1. The molecule has 11 heteroatoms. The Bertz CT molecular complexity index is 1280. The van der Waals surface area contributed by atoms with Gasteiger partial charge in [-0.05, 0) is 31.2 Å². The van der Waals surface area contributed by atoms with Gasteiger partial charge in [-0.3, -0.25) is 20.2 Å². The SMILES string of the molecule is Cc1ccc(OCCOc2ccc([N+](=O)[O-])cc2/C=C(/C#N)C(=O)Nc2nnc(C(C)C)s2)cc1. The first-order valence-corrected chi connectivity index (χ1v) is 11.5. The van der Waals surface area contributed by atoms with Crippen molar-refractivity contribution in [1.29, 1.82) is 5.26 Å². The molecule has 0 aliphatic carbocycles. The lowest BCUT2D eigenvalue weighted by Gasteiger charge is -2.11. The minimum absolute atomic E-state index is 0.142. The van der Waals surface area contributed by atoms with E-state index >= 15 is 0 Å². The molecule has 0 atom stereocenters. The molecule has 3 aromatic rings. The molecule has 0 aliphatic heterocycles. The van der Waals surface area contributed by atoms with E-state index in [4.69, 9.17) is 9.47 Å². The van der Waals surface area contributed by atoms with E-state index in [1.54, 1.807) is 0 Å². The van der Waals surface area contributed by atoms with Crippen molar-refractivity contribution < 1.29 is 19.2 Å². The molecule has 2 aromatic carbocycles. The number of carbonyl (C=O) groups excluding carboxylic acids is 1. The quantitative estimate of drug-likeness (QED) is 0.138. The first-order chi connectivity index (χ1) is 16.8. The molecule has 10 nitrogen and oxygen atoms in total. The van der Waals surface area contributed by atoms with Gasteiger partial charge in [-0.15, -0.1) is 10.2 Å². The van der Waals surface area contributed by atoms with E-state index in [1.165, 1.54) is 35.6 Å². The first kappa shape index (κ1) is 25.3. The number of nitriles is 1. The number of nitrogens with one attached hydrogen (secondary N) is 1. The number of nitro groups is 1. The number of nitro benzene ring substituents is 1. The Morgan fingerprint density at radius 3 is 2.54 bits per heavy atom. The third kappa shape index (κ3) is 7.09. The summed E-state index contributed by atoms with van der Waals surface area (Å²) in [6.45, 7) is 6.24. The lowest BCUT2D eigenvalue weighted by atomic mass is 10.1. The van der Waals surface area contributed by atoms with Crippen LogP contribution in [0, 0.1) is 28.4 Å². The summed E-state index contributed by atoms with van der Waals surface area (Å²) in [4.78, 5) is 23.3. The standard InChI is InChI=1S/C24H23N5O5S/c1-15(2)23-27-28-24(35-23)26-22(30)18(14-25)12-17-13-19(29(31)32)6-9-21(17)34-11-10-33-20-7-4-16(3)5-8-20/h4-9,12-13,15H,10-11H2,1-3H3,(H,26,28,30)/b18-12-. The molecule has 0 radical (unpaired) electrons. The summed E-state index contributed by atoms with van der Waals surface area (Å²) in [7, 11) is 0. The van der Waals surface area contributed by atoms with Crippen LogP contribution in [0.15, 0.2) is 48.0 Å². The Hall–Kier alpha value is -4.30. The van der Waals surface area contributed by atoms with E-state index < -0.39 is 10.8 Å². The molecule has 0 saturated carbocycles. The summed E-state index contributed by atoms with van der Waals surface area (Å²) in [5.74, 6) is 0.383. The molecule has 0 fully saturated rings. The number of benzene rings is 2. The van der Waals surface area contributed by atoms with Gasteiger partial charge in [0.05, 0.1) is 4.92 Å². The van der Waals surface area contributed by atoms with Gasteiger partial charge in [-0.2, -0.15) is 5.26 Å². The summed E-state index contributed by atoms with van der Waals surface area (Å²) in [6, 6.07) is 13.3. The number of non-ortho nitro benzene ring substituents is 1. The molecule has 3 rings (SSSR count). The third-order valence-electron chi connectivity index (χ3n) is 4.65. The van der Waals surface area contributed by atoms with Crippen LogP contribution in [-0.2, 0) is 4.79 Å². The van der Waals surface area contributed by atoms with Gasteiger partial charge in [-0.1, -0.05) is 42.9 Å². The fourth-order valence-corrected chi connectivity index (χ4v) is 3.57. The lowest BCUT2D eigenvalue weighted by molar-refractivity contribution is -0.384. The smallest absolute Gasteiger partial charge is 0.270 e. The zero-order chi connectivity index (χ0) is 25.4. The second-order valence-corrected chi connectivity index (χ2v) is 8.72. The Morgan fingerprint density at radius 2 is 1.91 bits per heavy atom. The highest BCUT2D eigenvalue weighted by Gasteiger charge is 2.17. The summed E-state index contributed by atoms with van der Waals surface area (Å²) < 4.78 is 11.4. The Labute approximate surface area is 206 Å². The van der Waals surface area contributed by atoms with Crippen LogP contribution in [0.3, 0.4) is 0 Å². The van der Waals surface area contributed by atoms with Gasteiger partial charge >= 0.3 is 0 Å². The van der Waals surface area contributed by atoms with Crippen LogP contribution in [0.5, 0.6) is 11.5 Å². The molecule has 1 aromatic heterocycles. The van der Waals surface area contributed by atoms with Gasteiger partial charge in [0.2, 0.25) is 5.13 Å². The van der Waals surface area contributed by atoms with Gasteiger partial charge in [0.15, 0.2) is 0 Å². The topological polar surface area (TPSA) is 140 Å². The number of anilines is 1. The minimum Gasteiger partial charge on any atom is -0.490 e. The van der Waals surface area contributed by atoms with Crippen molar-refractivity contribution in [3.63, 3.8) is 0 Å². The average molecular weight is 494 g/mol. The van der Waals surface area contributed by atoms with Crippen molar-refractivity contribution in [3.05, 3.63) is 74.3 Å². The average Bonchev–Trinajstić information content (AvgIpc) is 3.30. The van der Waals surface area contributed by atoms with Crippen LogP contribution >= 0.6 is 11.3 Å². The molecule has 1 N–H and O–H groups in total. The molecular weight excluding hydrogens is 470 g/mol. The minimum atomic E-state index is -0.709. The van der Waals surface area contributed by atoms with Crippen molar-refractivity contribution in [2.75, 3.05) is 18.5 Å². The number of aryl methyl sites for hydroxylation is 1. The van der Waals surface area contributed by atoms with Crippen LogP contribution in [0.25, 0.3) is 6.08 Å². The van der Waals surface area contributed by atoms with Crippen molar-refractivity contribution in [2.45, 2.75) is 26.7 Å². The van der Waals surface area contributed by atoms with Crippen molar-refractivity contribution in [2.24, 2.45) is 0 Å². The van der Waals surface area contributed by atoms with Gasteiger partial charge in [0.25, 0.3) is 11.6 Å². The number of rotatable bonds is 10. The van der Waals surface area contributed by atoms with E-state index in [-0.39, 0.29) is 46.8 Å². The maximum Gasteiger partial charge on any atom is 0.270 e. The maximum atomic E-state index is 12.6. The first-order valence-electron chi connectivity index (χ1n) is 10.6. The van der Waals surface area contributed by atoms with Gasteiger partial charge in [0, 0.05) is 23.6 Å². The molecule has 1 heterocycles. The van der Waals surface area contributed by atoms with E-state index in [1.807, 2.05) is 51.1 Å². The number of hydrogen-bond acceptors (Lipinski definition) is 9. The second kappa shape index (κ2) is 11.7. The van der Waals surface area contributed by atoms with E-state index in [0.29, 0.717) is 5.75 Å². The summed E-state index contributed by atoms with van der Waals surface area (Å²) in [5.41, 5.74) is 0.844. The molecule has 180 valence electrons. The van der Waals surface area contributed by atoms with Crippen LogP contribution in [-0.4, -0.2) is 34.2 Å².